The minimum atomic E-state index is -4.45. The van der Waals surface area contributed by atoms with Gasteiger partial charge in [0, 0.05) is 37.3 Å². The quantitative estimate of drug-likeness (QED) is 0.0414. The van der Waals surface area contributed by atoms with Gasteiger partial charge in [-0.15, -0.1) is 0 Å². The Morgan fingerprint density at radius 3 is 1.95 bits per heavy atom. The molecule has 10 rings (SSSR count). The summed E-state index contributed by atoms with van der Waals surface area (Å²) in [6.45, 7) is 2.80. The molecule has 22 heteroatoms. The highest BCUT2D eigenvalue weighted by Crippen LogP contribution is 2.57. The number of carbonyl (C=O) groups is 2. The number of H-pyrrole nitrogens is 1. The smallest absolute Gasteiger partial charge is 0.359 e. The molecule has 1 amide bonds. The third kappa shape index (κ3) is 11.3. The zero-order valence-corrected chi connectivity index (χ0v) is 44.5. The number of fused-ring (bicyclic) bond motifs is 1. The zero-order valence-electron chi connectivity index (χ0n) is 43.6. The number of hydrogen-bond acceptors (Lipinski definition) is 17. The van der Waals surface area contributed by atoms with Crippen LogP contribution in [0.15, 0.2) is 168 Å². The summed E-state index contributed by atoms with van der Waals surface area (Å²) in [5.74, 6) is -1.12. The molecule has 0 saturated carbocycles. The molecule has 0 bridgehead atoms. The van der Waals surface area contributed by atoms with E-state index in [0.717, 1.165) is 16.7 Å². The lowest BCUT2D eigenvalue weighted by molar-refractivity contribution is -0.187. The van der Waals surface area contributed by atoms with Gasteiger partial charge in [-0.3, -0.25) is 28.3 Å². The van der Waals surface area contributed by atoms with Crippen molar-refractivity contribution in [3.63, 3.8) is 0 Å². The van der Waals surface area contributed by atoms with Crippen LogP contribution >= 0.6 is 7.60 Å². The number of aryl methyl sites for hydroxylation is 1. The van der Waals surface area contributed by atoms with Crippen LogP contribution in [0.5, 0.6) is 11.5 Å². The van der Waals surface area contributed by atoms with Crippen molar-refractivity contribution >= 4 is 36.5 Å². The molecule has 2 N–H and O–H groups in total. The number of nitrogens with zero attached hydrogens (tertiary/aromatic N) is 5. The Morgan fingerprint density at radius 1 is 0.747 bits per heavy atom. The van der Waals surface area contributed by atoms with E-state index in [1.165, 1.54) is 44.4 Å². The van der Waals surface area contributed by atoms with Crippen LogP contribution in [-0.2, 0) is 42.9 Å². The molecule has 5 aromatic carbocycles. The molecular weight excluding hydrogens is 1040 g/mol. The monoisotopic (exact) mass is 1090 g/mol. The molecule has 2 aliphatic heterocycles. The van der Waals surface area contributed by atoms with Crippen molar-refractivity contribution in [1.82, 2.24) is 29.1 Å². The molecule has 408 valence electrons. The Balaban J connectivity index is 0.997. The predicted molar refractivity (Wildman–Crippen MR) is 287 cm³/mol. The number of esters is 1. The minimum Gasteiger partial charge on any atom is -0.497 e. The van der Waals surface area contributed by atoms with Crippen molar-refractivity contribution in [2.45, 2.75) is 75.2 Å². The fraction of sp³-hybridized carbons (Fsp3) is 0.281. The molecule has 79 heavy (non-hydrogen) atoms. The van der Waals surface area contributed by atoms with Gasteiger partial charge in [0.2, 0.25) is 0 Å². The standard InChI is InChI=1S/C57H56N7O14P/c1-35-31-63(56(68)62-52(35)65)47-30-45(76-54(67)38-17-11-7-12-18-38)55(77-47)74-36(2)79(69,72-5)78-44-29-48(64-34-60-49-50(58-33-59-51(49)64)61-53(66)37-15-9-6-10-16-37)75-46(44)32-73-57(39-19-13-8-14-20-39,40-21-25-42(70-3)26-22-40)41-23-27-43(71-4)28-24-41/h6-28,31,33-34,36,44-48,55H,29-30,32H2,1-5H3,(H,62,65,68)(H,58,59,61,66)/t36?,44-,45-,46-,47-,48-,55+,79?/m1/s1. The number of rotatable bonds is 20. The van der Waals surface area contributed by atoms with Gasteiger partial charge in [0.05, 0.1) is 32.7 Å². The van der Waals surface area contributed by atoms with Crippen LogP contribution in [0.1, 0.15) is 75.2 Å². The average Bonchev–Trinajstić information content (AvgIpc) is 4.39. The molecule has 2 unspecified atom stereocenters. The highest BCUT2D eigenvalue weighted by molar-refractivity contribution is 7.54. The molecule has 8 atom stereocenters. The van der Waals surface area contributed by atoms with Gasteiger partial charge in [-0.05, 0) is 79.1 Å². The molecule has 3 aromatic heterocycles. The first kappa shape index (κ1) is 54.2. The zero-order chi connectivity index (χ0) is 55.3. The molecular formula is C57H56N7O14P. The lowest BCUT2D eigenvalue weighted by atomic mass is 9.80. The van der Waals surface area contributed by atoms with Gasteiger partial charge in [-0.1, -0.05) is 91.0 Å². The Labute approximate surface area is 452 Å². The van der Waals surface area contributed by atoms with E-state index >= 15 is 4.57 Å². The largest absolute Gasteiger partial charge is 0.497 e. The number of amides is 1. The first-order valence-electron chi connectivity index (χ1n) is 25.2. The molecule has 8 aromatic rings. The van der Waals surface area contributed by atoms with Crippen molar-refractivity contribution in [3.05, 3.63) is 213 Å². The van der Waals surface area contributed by atoms with Gasteiger partial charge >= 0.3 is 19.3 Å². The van der Waals surface area contributed by atoms with E-state index in [0.29, 0.717) is 22.7 Å². The van der Waals surface area contributed by atoms with Gasteiger partial charge in [0.15, 0.2) is 35.2 Å². The molecule has 0 aliphatic carbocycles. The average molecular weight is 1090 g/mol. The first-order chi connectivity index (χ1) is 38.3. The van der Waals surface area contributed by atoms with Crippen LogP contribution in [0.3, 0.4) is 0 Å². The van der Waals surface area contributed by atoms with E-state index < -0.39 is 79.2 Å². The number of ether oxygens (including phenoxy) is 7. The molecule has 21 nitrogen and oxygen atoms in total. The number of nitrogens with one attached hydrogen (secondary N) is 2. The second-order valence-corrected chi connectivity index (χ2v) is 21.0. The van der Waals surface area contributed by atoms with E-state index in [2.05, 4.69) is 25.3 Å². The lowest BCUT2D eigenvalue weighted by Crippen LogP contribution is -2.39. The number of imidazole rings is 1. The maximum absolute atomic E-state index is 15.4. The predicted octanol–water partition coefficient (Wildman–Crippen LogP) is 8.31. The number of hydrogen-bond donors (Lipinski definition) is 2. The Bertz CT molecular complexity index is 3540. The van der Waals surface area contributed by atoms with Crippen molar-refractivity contribution in [2.24, 2.45) is 0 Å². The highest BCUT2D eigenvalue weighted by Gasteiger charge is 2.49. The minimum absolute atomic E-state index is 0.0203. The molecule has 0 radical (unpaired) electrons. The van der Waals surface area contributed by atoms with Crippen LogP contribution in [0.4, 0.5) is 5.82 Å². The van der Waals surface area contributed by atoms with Gasteiger partial charge < -0.3 is 47.5 Å². The number of carbonyl (C=O) groups excluding carboxylic acids is 2. The maximum Gasteiger partial charge on any atom is 0.359 e. The van der Waals surface area contributed by atoms with Crippen LogP contribution in [0, 0.1) is 6.92 Å². The van der Waals surface area contributed by atoms with Crippen molar-refractivity contribution in [3.8, 4) is 11.5 Å². The molecule has 0 spiro atoms. The summed E-state index contributed by atoms with van der Waals surface area (Å²) in [5.41, 5.74) is 1.04. The van der Waals surface area contributed by atoms with Gasteiger partial charge in [-0.25, -0.2) is 24.5 Å². The van der Waals surface area contributed by atoms with Crippen LogP contribution in [-0.4, -0.2) is 99.3 Å². The first-order valence-corrected chi connectivity index (χ1v) is 26.8. The fourth-order valence-corrected chi connectivity index (χ4v) is 11.1. The van der Waals surface area contributed by atoms with E-state index in [1.807, 2.05) is 78.9 Å². The third-order valence-corrected chi connectivity index (χ3v) is 15.9. The summed E-state index contributed by atoms with van der Waals surface area (Å²) in [4.78, 5) is 68.1. The topological polar surface area (TPSA) is 245 Å². The lowest BCUT2D eigenvalue weighted by Gasteiger charge is -2.37. The maximum atomic E-state index is 15.4. The van der Waals surface area contributed by atoms with Gasteiger partial charge in [-0.2, -0.15) is 0 Å². The molecule has 5 heterocycles. The number of methoxy groups -OCH3 is 2. The highest BCUT2D eigenvalue weighted by atomic mass is 31.2. The summed E-state index contributed by atoms with van der Waals surface area (Å²) in [5, 5.41) is 2.84. The number of anilines is 1. The fourth-order valence-electron chi connectivity index (χ4n) is 9.66. The summed E-state index contributed by atoms with van der Waals surface area (Å²) >= 11 is 0. The number of aromatic amines is 1. The van der Waals surface area contributed by atoms with E-state index in [1.54, 1.807) is 79.5 Å². The van der Waals surface area contributed by atoms with Crippen molar-refractivity contribution < 1.29 is 56.4 Å². The van der Waals surface area contributed by atoms with E-state index in [9.17, 15) is 19.2 Å². The Hall–Kier alpha value is -8.14. The second-order valence-electron chi connectivity index (χ2n) is 18.6. The summed E-state index contributed by atoms with van der Waals surface area (Å²) < 4.78 is 74.8. The molecule has 2 fully saturated rings. The van der Waals surface area contributed by atoms with Crippen LogP contribution < -0.4 is 26.0 Å². The summed E-state index contributed by atoms with van der Waals surface area (Å²) in [6, 6.07) is 41.6. The van der Waals surface area contributed by atoms with Crippen LogP contribution in [0.25, 0.3) is 11.2 Å². The number of aromatic nitrogens is 6. The second kappa shape index (κ2) is 23.4. The van der Waals surface area contributed by atoms with Crippen molar-refractivity contribution in [1.29, 1.82) is 0 Å². The van der Waals surface area contributed by atoms with E-state index in [-0.39, 0.29) is 41.9 Å². The van der Waals surface area contributed by atoms with Gasteiger partial charge in [0.25, 0.3) is 11.5 Å². The SMILES string of the molecule is COc1ccc(C(OC[C@H]2O[C@@H](n3cnc4c(NC(=O)c5ccccc5)ncnc43)C[C@H]2OP(=O)(OC)C(C)O[C@H]2O[C@@H](n3cc(C)c(=O)[nH]c3=O)C[C@H]2OC(=O)c2ccccc2)(c2ccccc2)c2ccc(OC)cc2)cc1. The normalized spacial score (nSPS) is 20.3. The summed E-state index contributed by atoms with van der Waals surface area (Å²) in [7, 11) is -0.0571. The molecule has 2 saturated heterocycles. The third-order valence-electron chi connectivity index (χ3n) is 13.8. The van der Waals surface area contributed by atoms with Crippen LogP contribution in [0.2, 0.25) is 0 Å². The summed E-state index contributed by atoms with van der Waals surface area (Å²) in [6.07, 6.45) is -2.61. The Morgan fingerprint density at radius 2 is 1.33 bits per heavy atom. The number of benzene rings is 5. The van der Waals surface area contributed by atoms with Gasteiger partial charge in [0.1, 0.15) is 48.1 Å². The van der Waals surface area contributed by atoms with Crippen molar-refractivity contribution in [2.75, 3.05) is 33.3 Å². The Kier molecular flexibility index (Phi) is 16.1. The van der Waals surface area contributed by atoms with E-state index in [4.69, 9.17) is 42.2 Å². The molecule has 2 aliphatic rings.